The molecule has 4 rings (SSSR count). The van der Waals surface area contributed by atoms with Crippen molar-refractivity contribution in [3.63, 3.8) is 0 Å². The van der Waals surface area contributed by atoms with E-state index in [4.69, 9.17) is 7.85 Å². The maximum atomic E-state index is 13.4. The van der Waals surface area contributed by atoms with Gasteiger partial charge in [-0.2, -0.15) is 0 Å². The first-order chi connectivity index (χ1) is 12.6. The first-order valence-corrected chi connectivity index (χ1v) is 8.11. The van der Waals surface area contributed by atoms with E-state index in [0.29, 0.717) is 29.7 Å². The quantitative estimate of drug-likeness (QED) is 0.534. The number of halogens is 2. The minimum absolute atomic E-state index is 0.374. The lowest BCUT2D eigenvalue weighted by molar-refractivity contribution is 0.579. The Kier molecular flexibility index (Phi) is 4.20. The SMILES string of the molecule is [B]c1ccc(-n2nnc3ccccc32)c(CCc2cc(F)cc(F)c2)n1. The van der Waals surface area contributed by atoms with Gasteiger partial charge in [-0.15, -0.1) is 5.10 Å². The van der Waals surface area contributed by atoms with Crippen molar-refractivity contribution < 1.29 is 8.78 Å². The molecule has 2 aromatic carbocycles. The van der Waals surface area contributed by atoms with Crippen LogP contribution in [0.15, 0.2) is 54.6 Å². The van der Waals surface area contributed by atoms with Crippen LogP contribution in [0.4, 0.5) is 8.78 Å². The molecule has 0 saturated carbocycles. The number of aryl methyl sites for hydroxylation is 2. The normalized spacial score (nSPS) is 11.2. The summed E-state index contributed by atoms with van der Waals surface area (Å²) in [6, 6.07) is 14.6. The van der Waals surface area contributed by atoms with Crippen LogP contribution in [-0.4, -0.2) is 27.8 Å². The van der Waals surface area contributed by atoms with Crippen LogP contribution >= 0.6 is 0 Å². The van der Waals surface area contributed by atoms with Gasteiger partial charge in [0.25, 0.3) is 0 Å². The fourth-order valence-corrected chi connectivity index (χ4v) is 2.95. The summed E-state index contributed by atoms with van der Waals surface area (Å²) in [4.78, 5) is 4.40. The molecule has 4 aromatic rings. The van der Waals surface area contributed by atoms with Crippen molar-refractivity contribution in [2.75, 3.05) is 0 Å². The minimum atomic E-state index is -0.594. The Hall–Kier alpha value is -3.09. The van der Waals surface area contributed by atoms with Gasteiger partial charge in [-0.3, -0.25) is 4.98 Å². The molecule has 126 valence electrons. The summed E-state index contributed by atoms with van der Waals surface area (Å²) in [6.45, 7) is 0. The van der Waals surface area contributed by atoms with E-state index in [-0.39, 0.29) is 0 Å². The van der Waals surface area contributed by atoms with Crippen molar-refractivity contribution in [2.45, 2.75) is 12.8 Å². The predicted octanol–water partition coefficient (Wildman–Crippen LogP) is 2.67. The van der Waals surface area contributed by atoms with E-state index >= 15 is 0 Å². The highest BCUT2D eigenvalue weighted by Crippen LogP contribution is 2.19. The molecule has 0 aliphatic rings. The molecule has 26 heavy (non-hydrogen) atoms. The highest BCUT2D eigenvalue weighted by molar-refractivity contribution is 6.30. The van der Waals surface area contributed by atoms with E-state index in [0.717, 1.165) is 22.8 Å². The topological polar surface area (TPSA) is 43.6 Å². The molecule has 0 bridgehead atoms. The van der Waals surface area contributed by atoms with Crippen molar-refractivity contribution >= 4 is 24.5 Å². The van der Waals surface area contributed by atoms with E-state index in [1.54, 1.807) is 10.7 Å². The fourth-order valence-electron chi connectivity index (χ4n) is 2.95. The molecule has 0 fully saturated rings. The number of pyridine rings is 1. The highest BCUT2D eigenvalue weighted by atomic mass is 19.1. The number of benzene rings is 2. The van der Waals surface area contributed by atoms with E-state index in [9.17, 15) is 8.78 Å². The van der Waals surface area contributed by atoms with Crippen molar-refractivity contribution in [3.05, 3.63) is 77.5 Å². The van der Waals surface area contributed by atoms with Crippen molar-refractivity contribution in [1.82, 2.24) is 20.0 Å². The molecule has 2 radical (unpaired) electrons. The molecule has 0 spiro atoms. The van der Waals surface area contributed by atoms with Crippen molar-refractivity contribution in [3.8, 4) is 5.69 Å². The second-order valence-corrected chi connectivity index (χ2v) is 5.97. The Morgan fingerprint density at radius 2 is 1.69 bits per heavy atom. The molecular formula is C19H13BF2N4. The molecule has 0 aliphatic heterocycles. The molecule has 4 nitrogen and oxygen atoms in total. The van der Waals surface area contributed by atoms with Gasteiger partial charge in [-0.1, -0.05) is 17.3 Å². The molecule has 7 heteroatoms. The Morgan fingerprint density at radius 3 is 2.50 bits per heavy atom. The molecule has 0 atom stereocenters. The van der Waals surface area contributed by atoms with Gasteiger partial charge in [0.1, 0.15) is 25.0 Å². The largest absolute Gasteiger partial charge is 0.267 e. The van der Waals surface area contributed by atoms with E-state index < -0.39 is 11.6 Å². The van der Waals surface area contributed by atoms with Gasteiger partial charge < -0.3 is 0 Å². The van der Waals surface area contributed by atoms with Gasteiger partial charge >= 0.3 is 0 Å². The highest BCUT2D eigenvalue weighted by Gasteiger charge is 2.12. The maximum absolute atomic E-state index is 13.4. The molecule has 0 aliphatic carbocycles. The van der Waals surface area contributed by atoms with Crippen LogP contribution in [-0.2, 0) is 12.8 Å². The smallest absolute Gasteiger partial charge is 0.141 e. The van der Waals surface area contributed by atoms with Gasteiger partial charge in [0, 0.05) is 6.07 Å². The zero-order valence-electron chi connectivity index (χ0n) is 13.7. The van der Waals surface area contributed by atoms with Gasteiger partial charge in [0.2, 0.25) is 0 Å². The molecule has 0 amide bonds. The third-order valence-electron chi connectivity index (χ3n) is 4.12. The second-order valence-electron chi connectivity index (χ2n) is 5.97. The third kappa shape index (κ3) is 3.20. The van der Waals surface area contributed by atoms with Crippen LogP contribution in [0.2, 0.25) is 0 Å². The van der Waals surface area contributed by atoms with E-state index in [1.165, 1.54) is 12.1 Å². The summed E-state index contributed by atoms with van der Waals surface area (Å²) in [5, 5.41) is 8.36. The Labute approximate surface area is 149 Å². The van der Waals surface area contributed by atoms with Gasteiger partial charge in [0.05, 0.1) is 16.9 Å². The number of para-hydroxylation sites is 1. The summed E-state index contributed by atoms with van der Waals surface area (Å²) >= 11 is 0. The molecule has 0 N–H and O–H groups in total. The number of fused-ring (bicyclic) bond motifs is 1. The van der Waals surface area contributed by atoms with Crippen LogP contribution in [0.25, 0.3) is 16.7 Å². The average Bonchev–Trinajstić information content (AvgIpc) is 3.03. The van der Waals surface area contributed by atoms with Crippen LogP contribution in [0.1, 0.15) is 11.3 Å². The van der Waals surface area contributed by atoms with Crippen molar-refractivity contribution in [1.29, 1.82) is 0 Å². The third-order valence-corrected chi connectivity index (χ3v) is 4.12. The van der Waals surface area contributed by atoms with E-state index in [1.807, 2.05) is 30.3 Å². The summed E-state index contributed by atoms with van der Waals surface area (Å²) in [5.74, 6) is -1.19. The Morgan fingerprint density at radius 1 is 0.923 bits per heavy atom. The number of nitrogens with zero attached hydrogens (tertiary/aromatic N) is 4. The van der Waals surface area contributed by atoms with Crippen LogP contribution in [0, 0.1) is 11.6 Å². The molecule has 0 unspecified atom stereocenters. The van der Waals surface area contributed by atoms with Gasteiger partial charge in [-0.25, -0.2) is 13.5 Å². The van der Waals surface area contributed by atoms with E-state index in [2.05, 4.69) is 15.3 Å². The zero-order chi connectivity index (χ0) is 18.1. The summed E-state index contributed by atoms with van der Waals surface area (Å²) in [6.07, 6.45) is 0.877. The number of hydrogen-bond donors (Lipinski definition) is 0. The molecule has 2 aromatic heterocycles. The number of hydrogen-bond acceptors (Lipinski definition) is 3. The van der Waals surface area contributed by atoms with Crippen molar-refractivity contribution in [2.24, 2.45) is 0 Å². The standard InChI is InChI=1S/C19H13BF2N4/c20-19-8-7-18(26-17-4-2-1-3-16(17)24-25-26)15(23-19)6-5-12-9-13(21)11-14(22)10-12/h1-4,7-11H,5-6H2. The van der Waals surface area contributed by atoms with Gasteiger partial charge in [-0.05, 0) is 60.4 Å². The molecular weight excluding hydrogens is 333 g/mol. The summed E-state index contributed by atoms with van der Waals surface area (Å²) in [5.41, 5.74) is 3.97. The Bertz CT molecular complexity index is 1070. The first-order valence-electron chi connectivity index (χ1n) is 8.11. The second kappa shape index (κ2) is 6.67. The monoisotopic (exact) mass is 346 g/mol. The predicted molar refractivity (Wildman–Crippen MR) is 95.8 cm³/mol. The average molecular weight is 346 g/mol. The fraction of sp³-hybridized carbons (Fsp3) is 0.105. The first kappa shape index (κ1) is 16.4. The zero-order valence-corrected chi connectivity index (χ0v) is 13.7. The lowest BCUT2D eigenvalue weighted by Gasteiger charge is -2.11. The van der Waals surface area contributed by atoms with Crippen LogP contribution in [0.3, 0.4) is 0 Å². The number of aromatic nitrogens is 4. The maximum Gasteiger partial charge on any atom is 0.141 e. The van der Waals surface area contributed by atoms with Crippen LogP contribution < -0.4 is 5.59 Å². The minimum Gasteiger partial charge on any atom is -0.267 e. The lowest BCUT2D eigenvalue weighted by atomic mass is 10.0. The summed E-state index contributed by atoms with van der Waals surface area (Å²) in [7, 11) is 5.83. The lowest BCUT2D eigenvalue weighted by Crippen LogP contribution is -2.15. The van der Waals surface area contributed by atoms with Gasteiger partial charge in [0.15, 0.2) is 0 Å². The Balaban J connectivity index is 1.71. The molecule has 2 heterocycles. The summed E-state index contributed by atoms with van der Waals surface area (Å²) < 4.78 is 28.5. The molecule has 0 saturated heterocycles. The van der Waals surface area contributed by atoms with Crippen LogP contribution in [0.5, 0.6) is 0 Å². The number of rotatable bonds is 4.